The molecule has 2 unspecified atom stereocenters. The molecule has 2 aliphatic carbocycles. The van der Waals surface area contributed by atoms with E-state index in [1.54, 1.807) is 0 Å². The maximum atomic E-state index is 12.0. The minimum atomic E-state index is -4.26. The van der Waals surface area contributed by atoms with Gasteiger partial charge in [-0.2, -0.15) is 13.2 Å². The van der Waals surface area contributed by atoms with E-state index in [1.165, 1.54) is 0 Å². The summed E-state index contributed by atoms with van der Waals surface area (Å²) in [6.45, 7) is -1.19. The normalized spacial score (nSPS) is 34.4. The summed E-state index contributed by atoms with van der Waals surface area (Å²) >= 11 is 0. The van der Waals surface area contributed by atoms with E-state index in [9.17, 15) is 18.3 Å². The maximum Gasteiger partial charge on any atom is 0.411 e. The standard InChI is InChI=1S/C10H15F3O2/c11-10(12,13)6-15-8-5-7(14)9(8)3-1-2-4-9/h7-8,14H,1-6H2. The highest BCUT2D eigenvalue weighted by molar-refractivity contribution is 5.06. The summed E-state index contributed by atoms with van der Waals surface area (Å²) in [5.41, 5.74) is -0.356. The van der Waals surface area contributed by atoms with Crippen molar-refractivity contribution in [2.75, 3.05) is 6.61 Å². The highest BCUT2D eigenvalue weighted by atomic mass is 19.4. The first-order valence-electron chi connectivity index (χ1n) is 5.30. The van der Waals surface area contributed by atoms with Gasteiger partial charge in [-0.05, 0) is 12.8 Å². The Morgan fingerprint density at radius 2 is 1.87 bits per heavy atom. The van der Waals surface area contributed by atoms with Crippen LogP contribution in [0.2, 0.25) is 0 Å². The predicted molar refractivity (Wildman–Crippen MR) is 47.3 cm³/mol. The Balaban J connectivity index is 1.89. The van der Waals surface area contributed by atoms with E-state index in [1.807, 2.05) is 0 Å². The summed E-state index contributed by atoms with van der Waals surface area (Å²) in [5, 5.41) is 9.64. The molecule has 1 spiro atoms. The molecule has 15 heavy (non-hydrogen) atoms. The monoisotopic (exact) mass is 224 g/mol. The van der Waals surface area contributed by atoms with E-state index < -0.39 is 25.0 Å². The second kappa shape index (κ2) is 3.63. The predicted octanol–water partition coefficient (Wildman–Crippen LogP) is 2.26. The van der Waals surface area contributed by atoms with E-state index in [2.05, 4.69) is 0 Å². The zero-order valence-corrected chi connectivity index (χ0v) is 8.39. The van der Waals surface area contributed by atoms with Crippen molar-refractivity contribution >= 4 is 0 Å². The number of aliphatic hydroxyl groups excluding tert-OH is 1. The van der Waals surface area contributed by atoms with Crippen LogP contribution >= 0.6 is 0 Å². The fourth-order valence-corrected chi connectivity index (χ4v) is 2.84. The Bertz CT molecular complexity index is 233. The van der Waals surface area contributed by atoms with Gasteiger partial charge < -0.3 is 9.84 Å². The Hall–Kier alpha value is -0.290. The second-order valence-electron chi connectivity index (χ2n) is 4.61. The van der Waals surface area contributed by atoms with Gasteiger partial charge >= 0.3 is 6.18 Å². The van der Waals surface area contributed by atoms with Crippen LogP contribution < -0.4 is 0 Å². The van der Waals surface area contributed by atoms with Crippen molar-refractivity contribution in [2.24, 2.45) is 5.41 Å². The largest absolute Gasteiger partial charge is 0.411 e. The van der Waals surface area contributed by atoms with Crippen LogP contribution in [0, 0.1) is 5.41 Å². The van der Waals surface area contributed by atoms with Crippen LogP contribution in [-0.4, -0.2) is 30.1 Å². The van der Waals surface area contributed by atoms with Crippen LogP contribution in [0.25, 0.3) is 0 Å². The molecule has 2 aliphatic rings. The van der Waals surface area contributed by atoms with Crippen molar-refractivity contribution in [3.63, 3.8) is 0 Å². The molecule has 0 bridgehead atoms. The van der Waals surface area contributed by atoms with Crippen LogP contribution in [0.15, 0.2) is 0 Å². The van der Waals surface area contributed by atoms with E-state index >= 15 is 0 Å². The van der Waals surface area contributed by atoms with Crippen molar-refractivity contribution in [1.82, 2.24) is 0 Å². The lowest BCUT2D eigenvalue weighted by atomic mass is 9.62. The van der Waals surface area contributed by atoms with Crippen LogP contribution in [0.1, 0.15) is 32.1 Å². The first-order chi connectivity index (χ1) is 6.94. The highest BCUT2D eigenvalue weighted by Crippen LogP contribution is 2.54. The molecule has 1 N–H and O–H groups in total. The number of hydrogen-bond donors (Lipinski definition) is 1. The molecule has 0 aliphatic heterocycles. The van der Waals surface area contributed by atoms with Crippen molar-refractivity contribution in [3.05, 3.63) is 0 Å². The van der Waals surface area contributed by atoms with E-state index in [0.717, 1.165) is 25.7 Å². The first-order valence-corrected chi connectivity index (χ1v) is 5.30. The summed E-state index contributed by atoms with van der Waals surface area (Å²) in [6, 6.07) is 0. The summed E-state index contributed by atoms with van der Waals surface area (Å²) < 4.78 is 40.7. The smallest absolute Gasteiger partial charge is 0.392 e. The molecule has 0 aromatic rings. The zero-order chi connectivity index (χ0) is 11.1. The van der Waals surface area contributed by atoms with Gasteiger partial charge in [0.15, 0.2) is 0 Å². The van der Waals surface area contributed by atoms with Gasteiger partial charge in [-0.25, -0.2) is 0 Å². The number of ether oxygens (including phenoxy) is 1. The average molecular weight is 224 g/mol. The van der Waals surface area contributed by atoms with Gasteiger partial charge in [0.25, 0.3) is 0 Å². The van der Waals surface area contributed by atoms with Gasteiger partial charge in [0, 0.05) is 11.8 Å². The quantitative estimate of drug-likeness (QED) is 0.779. The van der Waals surface area contributed by atoms with Crippen molar-refractivity contribution in [1.29, 1.82) is 0 Å². The summed E-state index contributed by atoms with van der Waals surface area (Å²) in [4.78, 5) is 0. The molecule has 0 radical (unpaired) electrons. The molecule has 2 nitrogen and oxygen atoms in total. The molecular weight excluding hydrogens is 209 g/mol. The Kier molecular flexibility index (Phi) is 2.71. The Morgan fingerprint density at radius 3 is 2.33 bits per heavy atom. The third-order valence-corrected chi connectivity index (χ3v) is 3.72. The van der Waals surface area contributed by atoms with Gasteiger partial charge in [-0.3, -0.25) is 0 Å². The van der Waals surface area contributed by atoms with Gasteiger partial charge in [0.1, 0.15) is 6.61 Å². The summed E-state index contributed by atoms with van der Waals surface area (Å²) in [5.74, 6) is 0. The van der Waals surface area contributed by atoms with Crippen LogP contribution in [0.5, 0.6) is 0 Å². The number of hydrogen-bond acceptors (Lipinski definition) is 2. The van der Waals surface area contributed by atoms with Crippen molar-refractivity contribution < 1.29 is 23.0 Å². The van der Waals surface area contributed by atoms with Crippen LogP contribution in [0.3, 0.4) is 0 Å². The van der Waals surface area contributed by atoms with E-state index in [-0.39, 0.29) is 5.41 Å². The maximum absolute atomic E-state index is 12.0. The lowest BCUT2D eigenvalue weighted by Crippen LogP contribution is -2.57. The number of aliphatic hydroxyl groups is 1. The lowest BCUT2D eigenvalue weighted by molar-refractivity contribution is -0.243. The molecule has 0 heterocycles. The molecule has 2 saturated carbocycles. The van der Waals surface area contributed by atoms with Crippen molar-refractivity contribution in [2.45, 2.75) is 50.5 Å². The molecule has 2 atom stereocenters. The third kappa shape index (κ3) is 1.99. The number of halogens is 3. The summed E-state index contributed by atoms with van der Waals surface area (Å²) in [6.07, 6.45) is -1.18. The zero-order valence-electron chi connectivity index (χ0n) is 8.39. The topological polar surface area (TPSA) is 29.5 Å². The Labute approximate surface area is 86.4 Å². The molecule has 2 rings (SSSR count). The van der Waals surface area contributed by atoms with Crippen molar-refractivity contribution in [3.8, 4) is 0 Å². The molecular formula is C10H15F3O2. The minimum absolute atomic E-state index is 0.356. The minimum Gasteiger partial charge on any atom is -0.392 e. The van der Waals surface area contributed by atoms with Gasteiger partial charge in [0.2, 0.25) is 0 Å². The molecule has 88 valence electrons. The number of rotatable bonds is 2. The molecule has 2 fully saturated rings. The molecule has 0 saturated heterocycles. The van der Waals surface area contributed by atoms with Gasteiger partial charge in [-0.15, -0.1) is 0 Å². The number of alkyl halides is 3. The molecule has 5 heteroatoms. The lowest BCUT2D eigenvalue weighted by Gasteiger charge is -2.51. The molecule has 0 aromatic heterocycles. The third-order valence-electron chi connectivity index (χ3n) is 3.72. The van der Waals surface area contributed by atoms with Crippen LogP contribution in [0.4, 0.5) is 13.2 Å². The van der Waals surface area contributed by atoms with E-state index in [0.29, 0.717) is 6.42 Å². The fourth-order valence-electron chi connectivity index (χ4n) is 2.84. The fraction of sp³-hybridized carbons (Fsp3) is 1.00. The first kappa shape index (κ1) is 11.2. The SMILES string of the molecule is OC1CC(OCC(F)(F)F)C12CCCC2. The second-order valence-corrected chi connectivity index (χ2v) is 4.61. The van der Waals surface area contributed by atoms with Gasteiger partial charge in [-0.1, -0.05) is 12.8 Å². The molecule has 0 aromatic carbocycles. The van der Waals surface area contributed by atoms with Crippen LogP contribution in [-0.2, 0) is 4.74 Å². The highest BCUT2D eigenvalue weighted by Gasteiger charge is 2.56. The Morgan fingerprint density at radius 1 is 1.27 bits per heavy atom. The molecule has 0 amide bonds. The average Bonchev–Trinajstić information content (AvgIpc) is 2.61. The summed E-state index contributed by atoms with van der Waals surface area (Å²) in [7, 11) is 0. The van der Waals surface area contributed by atoms with Gasteiger partial charge in [0.05, 0.1) is 12.2 Å². The van der Waals surface area contributed by atoms with E-state index in [4.69, 9.17) is 4.74 Å².